The smallest absolute Gasteiger partial charge is 0.221 e. The molecule has 4 nitrogen and oxygen atoms in total. The maximum atomic E-state index is 11.8. The van der Waals surface area contributed by atoms with Gasteiger partial charge in [0.15, 0.2) is 0 Å². The molecule has 1 rings (SSSR count). The van der Waals surface area contributed by atoms with Crippen LogP contribution in [0.1, 0.15) is 53.4 Å². The summed E-state index contributed by atoms with van der Waals surface area (Å²) in [5, 5.41) is 3.13. The fraction of sp³-hybridized carbons (Fsp3) is 0.929. The minimum Gasteiger partial charge on any atom is -0.378 e. The van der Waals surface area contributed by atoms with E-state index in [4.69, 9.17) is 10.5 Å². The first-order chi connectivity index (χ1) is 8.50. The highest BCUT2D eigenvalue weighted by Gasteiger charge is 2.53. The van der Waals surface area contributed by atoms with Crippen LogP contribution >= 0.6 is 0 Å². The van der Waals surface area contributed by atoms with Gasteiger partial charge < -0.3 is 15.8 Å². The normalized spacial score (nSPS) is 27.4. The van der Waals surface area contributed by atoms with Crippen molar-refractivity contribution in [3.05, 3.63) is 0 Å². The van der Waals surface area contributed by atoms with Crippen molar-refractivity contribution in [1.82, 2.24) is 5.32 Å². The zero-order valence-electron chi connectivity index (χ0n) is 12.2. The van der Waals surface area contributed by atoms with E-state index >= 15 is 0 Å². The lowest BCUT2D eigenvalue weighted by molar-refractivity contribution is -0.148. The van der Waals surface area contributed by atoms with E-state index in [1.54, 1.807) is 0 Å². The molecule has 0 aliphatic heterocycles. The third kappa shape index (κ3) is 3.04. The Morgan fingerprint density at radius 3 is 2.50 bits per heavy atom. The summed E-state index contributed by atoms with van der Waals surface area (Å²) >= 11 is 0. The van der Waals surface area contributed by atoms with Crippen LogP contribution in [0.5, 0.6) is 0 Å². The van der Waals surface area contributed by atoms with Crippen LogP contribution in [0.25, 0.3) is 0 Å². The second kappa shape index (κ2) is 6.53. The predicted octanol–water partition coefficient (Wildman–Crippen LogP) is 1.82. The molecule has 1 amide bonds. The Morgan fingerprint density at radius 1 is 1.44 bits per heavy atom. The zero-order chi connectivity index (χ0) is 13.8. The van der Waals surface area contributed by atoms with E-state index in [1.807, 2.05) is 13.8 Å². The topological polar surface area (TPSA) is 64.3 Å². The molecule has 1 aliphatic carbocycles. The standard InChI is InChI=1S/C14H28N2O2/c1-5-14(6-2)11(9-12(14)18-7-3)16-13(17)8-10(4)15/h10-12H,5-9,15H2,1-4H3,(H,16,17). The number of hydrogen-bond donors (Lipinski definition) is 2. The average molecular weight is 256 g/mol. The minimum atomic E-state index is -0.0783. The van der Waals surface area contributed by atoms with Gasteiger partial charge in [-0.1, -0.05) is 13.8 Å². The van der Waals surface area contributed by atoms with Gasteiger partial charge in [0.05, 0.1) is 6.10 Å². The summed E-state index contributed by atoms with van der Waals surface area (Å²) in [5.41, 5.74) is 5.77. The molecule has 1 saturated carbocycles. The van der Waals surface area contributed by atoms with Crippen molar-refractivity contribution in [2.45, 2.75) is 71.6 Å². The fourth-order valence-electron chi connectivity index (χ4n) is 3.13. The van der Waals surface area contributed by atoms with Gasteiger partial charge >= 0.3 is 0 Å². The van der Waals surface area contributed by atoms with Crippen LogP contribution in [-0.2, 0) is 9.53 Å². The SMILES string of the molecule is CCOC1CC(NC(=O)CC(C)N)C1(CC)CC. The molecule has 0 radical (unpaired) electrons. The van der Waals surface area contributed by atoms with Crippen molar-refractivity contribution < 1.29 is 9.53 Å². The maximum Gasteiger partial charge on any atom is 0.221 e. The number of rotatable bonds is 7. The summed E-state index contributed by atoms with van der Waals surface area (Å²) in [4.78, 5) is 11.8. The van der Waals surface area contributed by atoms with Crippen molar-refractivity contribution in [2.24, 2.45) is 11.1 Å². The Balaban J connectivity index is 2.59. The molecular formula is C14H28N2O2. The van der Waals surface area contributed by atoms with Crippen LogP contribution < -0.4 is 11.1 Å². The molecule has 0 saturated heterocycles. The van der Waals surface area contributed by atoms with E-state index in [0.29, 0.717) is 6.42 Å². The summed E-state index contributed by atoms with van der Waals surface area (Å²) in [6, 6.07) is 0.167. The second-order valence-electron chi connectivity index (χ2n) is 5.42. The monoisotopic (exact) mass is 256 g/mol. The van der Waals surface area contributed by atoms with Gasteiger partial charge in [-0.25, -0.2) is 0 Å². The van der Waals surface area contributed by atoms with E-state index in [9.17, 15) is 4.79 Å². The molecule has 106 valence electrons. The molecular weight excluding hydrogens is 228 g/mol. The third-order valence-electron chi connectivity index (χ3n) is 4.31. The average Bonchev–Trinajstić information content (AvgIpc) is 2.28. The predicted molar refractivity (Wildman–Crippen MR) is 73.2 cm³/mol. The molecule has 18 heavy (non-hydrogen) atoms. The number of ether oxygens (including phenoxy) is 1. The van der Waals surface area contributed by atoms with Gasteiger partial charge in [0, 0.05) is 30.5 Å². The molecule has 0 aromatic rings. The number of nitrogens with one attached hydrogen (secondary N) is 1. The number of carbonyl (C=O) groups is 1. The van der Waals surface area contributed by atoms with Crippen molar-refractivity contribution in [1.29, 1.82) is 0 Å². The zero-order valence-corrected chi connectivity index (χ0v) is 12.2. The number of amides is 1. The lowest BCUT2D eigenvalue weighted by Gasteiger charge is -2.55. The van der Waals surface area contributed by atoms with E-state index in [-0.39, 0.29) is 29.5 Å². The van der Waals surface area contributed by atoms with Crippen molar-refractivity contribution >= 4 is 5.91 Å². The lowest BCUT2D eigenvalue weighted by atomic mass is 9.58. The van der Waals surface area contributed by atoms with Gasteiger partial charge in [-0.15, -0.1) is 0 Å². The lowest BCUT2D eigenvalue weighted by Crippen LogP contribution is -2.64. The van der Waals surface area contributed by atoms with Crippen LogP contribution in [0, 0.1) is 5.41 Å². The summed E-state index contributed by atoms with van der Waals surface area (Å²) in [6.45, 7) is 8.99. The molecule has 3 N–H and O–H groups in total. The Morgan fingerprint density at radius 2 is 2.06 bits per heavy atom. The first-order valence-corrected chi connectivity index (χ1v) is 7.16. The van der Waals surface area contributed by atoms with Gasteiger partial charge in [-0.05, 0) is 33.1 Å². The van der Waals surface area contributed by atoms with Gasteiger partial charge in [-0.2, -0.15) is 0 Å². The Labute approximate surface area is 111 Å². The van der Waals surface area contributed by atoms with Gasteiger partial charge in [0.1, 0.15) is 0 Å². The van der Waals surface area contributed by atoms with Gasteiger partial charge in [0.25, 0.3) is 0 Å². The number of hydrogen-bond acceptors (Lipinski definition) is 3. The van der Waals surface area contributed by atoms with Gasteiger partial charge in [-0.3, -0.25) is 4.79 Å². The fourth-order valence-corrected chi connectivity index (χ4v) is 3.13. The maximum absolute atomic E-state index is 11.8. The molecule has 0 heterocycles. The highest BCUT2D eigenvalue weighted by atomic mass is 16.5. The molecule has 0 spiro atoms. The molecule has 0 aromatic carbocycles. The molecule has 0 aromatic heterocycles. The molecule has 0 bridgehead atoms. The Bertz CT molecular complexity index is 275. The second-order valence-corrected chi connectivity index (χ2v) is 5.42. The molecule has 3 atom stereocenters. The summed E-state index contributed by atoms with van der Waals surface area (Å²) in [6.07, 6.45) is 3.70. The van der Waals surface area contributed by atoms with E-state index in [2.05, 4.69) is 19.2 Å². The van der Waals surface area contributed by atoms with E-state index in [0.717, 1.165) is 25.9 Å². The van der Waals surface area contributed by atoms with Crippen LogP contribution in [0.2, 0.25) is 0 Å². The first kappa shape index (κ1) is 15.4. The Kier molecular flexibility index (Phi) is 5.60. The van der Waals surface area contributed by atoms with Crippen LogP contribution in [0.4, 0.5) is 0 Å². The highest BCUT2D eigenvalue weighted by Crippen LogP contribution is 2.48. The molecule has 1 aliphatic rings. The summed E-state index contributed by atoms with van der Waals surface area (Å²) in [7, 11) is 0. The minimum absolute atomic E-state index is 0.0659. The van der Waals surface area contributed by atoms with Crippen LogP contribution in [0.3, 0.4) is 0 Å². The van der Waals surface area contributed by atoms with Crippen molar-refractivity contribution in [2.75, 3.05) is 6.61 Å². The quantitative estimate of drug-likeness (QED) is 0.730. The van der Waals surface area contributed by atoms with Crippen LogP contribution in [0.15, 0.2) is 0 Å². The number of nitrogens with two attached hydrogens (primary N) is 1. The van der Waals surface area contributed by atoms with Crippen molar-refractivity contribution in [3.63, 3.8) is 0 Å². The molecule has 1 fully saturated rings. The first-order valence-electron chi connectivity index (χ1n) is 7.16. The Hall–Kier alpha value is -0.610. The van der Waals surface area contributed by atoms with Crippen molar-refractivity contribution in [3.8, 4) is 0 Å². The van der Waals surface area contributed by atoms with Gasteiger partial charge in [0.2, 0.25) is 5.91 Å². The summed E-state index contributed by atoms with van der Waals surface area (Å²) in [5.74, 6) is 0.0659. The van der Waals surface area contributed by atoms with E-state index < -0.39 is 0 Å². The molecule has 3 unspecified atom stereocenters. The highest BCUT2D eigenvalue weighted by molar-refractivity contribution is 5.77. The van der Waals surface area contributed by atoms with E-state index in [1.165, 1.54) is 0 Å². The number of carbonyl (C=O) groups excluding carboxylic acids is 1. The summed E-state index contributed by atoms with van der Waals surface area (Å²) < 4.78 is 5.79. The van der Waals surface area contributed by atoms with Crippen LogP contribution in [-0.4, -0.2) is 30.7 Å². The third-order valence-corrected chi connectivity index (χ3v) is 4.31. The largest absolute Gasteiger partial charge is 0.378 e. The molecule has 4 heteroatoms.